The van der Waals surface area contributed by atoms with Crippen LogP contribution in [-0.2, 0) is 24.3 Å². The summed E-state index contributed by atoms with van der Waals surface area (Å²) in [5.41, 5.74) is 0.691. The zero-order valence-corrected chi connectivity index (χ0v) is 19.5. The van der Waals surface area contributed by atoms with Crippen LogP contribution in [0.25, 0.3) is 6.08 Å². The first-order valence-electron chi connectivity index (χ1n) is 10.7. The maximum atomic E-state index is 12.7. The largest absolute Gasteiger partial charge is 0.497 e. The van der Waals surface area contributed by atoms with Gasteiger partial charge in [-0.25, -0.2) is 13.2 Å². The summed E-state index contributed by atoms with van der Waals surface area (Å²) < 4.78 is 36.9. The van der Waals surface area contributed by atoms with Crippen LogP contribution in [-0.4, -0.2) is 51.4 Å². The molecule has 0 spiro atoms. The Kier molecular flexibility index (Phi) is 8.40. The van der Waals surface area contributed by atoms with Crippen LogP contribution in [0, 0.1) is 11.3 Å². The maximum Gasteiger partial charge on any atom is 0.349 e. The molecule has 0 bridgehead atoms. The van der Waals surface area contributed by atoms with Crippen molar-refractivity contribution >= 4 is 33.7 Å². The molecule has 9 nitrogen and oxygen atoms in total. The van der Waals surface area contributed by atoms with E-state index in [1.54, 1.807) is 30.3 Å². The van der Waals surface area contributed by atoms with E-state index < -0.39 is 28.5 Å². The van der Waals surface area contributed by atoms with Gasteiger partial charge in [0.25, 0.3) is 5.91 Å². The Labute approximate surface area is 198 Å². The molecule has 0 aromatic heterocycles. The minimum Gasteiger partial charge on any atom is -0.497 e. The van der Waals surface area contributed by atoms with Crippen LogP contribution in [0.15, 0.2) is 59.0 Å². The Morgan fingerprint density at radius 3 is 2.29 bits per heavy atom. The molecule has 1 amide bonds. The molecule has 0 saturated carbocycles. The van der Waals surface area contributed by atoms with Crippen LogP contribution < -0.4 is 10.1 Å². The lowest BCUT2D eigenvalue weighted by Crippen LogP contribution is -2.35. The SMILES string of the molecule is COc1ccc(/C=C(/C#N)C(=O)OCC(=O)Nc2ccc(S(=O)(=O)N3CCCCC3)cc2)cc1. The van der Waals surface area contributed by atoms with Gasteiger partial charge in [0.15, 0.2) is 6.61 Å². The summed E-state index contributed by atoms with van der Waals surface area (Å²) in [6, 6.07) is 14.3. The van der Waals surface area contributed by atoms with Crippen molar-refractivity contribution < 1.29 is 27.5 Å². The van der Waals surface area contributed by atoms with Crippen molar-refractivity contribution in [2.45, 2.75) is 24.2 Å². The standard InChI is InChI=1S/C24H25N3O6S/c1-32-21-9-5-18(6-10-21)15-19(16-25)24(29)33-17-23(28)26-20-7-11-22(12-8-20)34(30,31)27-13-3-2-4-14-27/h5-12,15H,2-4,13-14,17H2,1H3,(H,26,28)/b19-15-. The van der Waals surface area contributed by atoms with Crippen LogP contribution in [0.1, 0.15) is 24.8 Å². The molecule has 1 fully saturated rings. The Morgan fingerprint density at radius 1 is 1.06 bits per heavy atom. The van der Waals surface area contributed by atoms with Gasteiger partial charge in [0.2, 0.25) is 10.0 Å². The Hall–Kier alpha value is -3.68. The second kappa shape index (κ2) is 11.4. The molecule has 2 aromatic carbocycles. The van der Waals surface area contributed by atoms with Crippen molar-refractivity contribution in [3.8, 4) is 11.8 Å². The number of sulfonamides is 1. The second-order valence-electron chi connectivity index (χ2n) is 7.56. The van der Waals surface area contributed by atoms with Crippen LogP contribution in [0.4, 0.5) is 5.69 Å². The Bertz CT molecular complexity index is 1190. The molecule has 1 heterocycles. The van der Waals surface area contributed by atoms with Gasteiger partial charge in [-0.3, -0.25) is 4.79 Å². The van der Waals surface area contributed by atoms with E-state index in [2.05, 4.69) is 5.32 Å². The van der Waals surface area contributed by atoms with Crippen LogP contribution in [0.5, 0.6) is 5.75 Å². The number of carbonyl (C=O) groups excluding carboxylic acids is 2. The maximum absolute atomic E-state index is 12.7. The Balaban J connectivity index is 1.55. The minimum absolute atomic E-state index is 0.154. The summed E-state index contributed by atoms with van der Waals surface area (Å²) in [4.78, 5) is 24.5. The number of nitriles is 1. The summed E-state index contributed by atoms with van der Waals surface area (Å²) in [6.07, 6.45) is 4.06. The van der Waals surface area contributed by atoms with E-state index in [4.69, 9.17) is 9.47 Å². The third kappa shape index (κ3) is 6.43. The lowest BCUT2D eigenvalue weighted by molar-refractivity contribution is -0.142. The van der Waals surface area contributed by atoms with Gasteiger partial charge < -0.3 is 14.8 Å². The zero-order chi connectivity index (χ0) is 24.6. The van der Waals surface area contributed by atoms with Gasteiger partial charge >= 0.3 is 5.97 Å². The molecule has 0 unspecified atom stereocenters. The number of amides is 1. The van der Waals surface area contributed by atoms with E-state index >= 15 is 0 Å². The minimum atomic E-state index is -3.56. The summed E-state index contributed by atoms with van der Waals surface area (Å²) in [5, 5.41) is 11.8. The van der Waals surface area contributed by atoms with Gasteiger partial charge in [-0.1, -0.05) is 18.6 Å². The smallest absolute Gasteiger partial charge is 0.349 e. The number of piperidine rings is 1. The molecular weight excluding hydrogens is 458 g/mol. The summed E-state index contributed by atoms with van der Waals surface area (Å²) in [7, 11) is -2.04. The molecule has 1 aliphatic heterocycles. The van der Waals surface area contributed by atoms with Crippen molar-refractivity contribution in [1.29, 1.82) is 5.26 Å². The van der Waals surface area contributed by atoms with Crippen molar-refractivity contribution in [3.63, 3.8) is 0 Å². The molecule has 1 N–H and O–H groups in total. The number of rotatable bonds is 8. The second-order valence-corrected chi connectivity index (χ2v) is 9.49. The zero-order valence-electron chi connectivity index (χ0n) is 18.7. The number of nitrogens with one attached hydrogen (secondary N) is 1. The van der Waals surface area contributed by atoms with Crippen molar-refractivity contribution in [2.24, 2.45) is 0 Å². The first-order chi connectivity index (χ1) is 16.3. The highest BCUT2D eigenvalue weighted by molar-refractivity contribution is 7.89. The van der Waals surface area contributed by atoms with Crippen LogP contribution >= 0.6 is 0 Å². The predicted molar refractivity (Wildman–Crippen MR) is 125 cm³/mol. The average molecular weight is 484 g/mol. The number of methoxy groups -OCH3 is 1. The third-order valence-electron chi connectivity index (χ3n) is 5.19. The highest BCUT2D eigenvalue weighted by Gasteiger charge is 2.25. The molecule has 0 radical (unpaired) electrons. The highest BCUT2D eigenvalue weighted by atomic mass is 32.2. The van der Waals surface area contributed by atoms with Gasteiger partial charge in [0, 0.05) is 18.8 Å². The summed E-state index contributed by atoms with van der Waals surface area (Å²) in [6.45, 7) is 0.405. The molecule has 2 aromatic rings. The molecular formula is C24H25N3O6S. The number of ether oxygens (including phenoxy) is 2. The van der Waals surface area contributed by atoms with Crippen LogP contribution in [0.2, 0.25) is 0 Å². The van der Waals surface area contributed by atoms with E-state index in [1.165, 1.54) is 41.8 Å². The topological polar surface area (TPSA) is 126 Å². The summed E-state index contributed by atoms with van der Waals surface area (Å²) >= 11 is 0. The number of benzene rings is 2. The molecule has 1 saturated heterocycles. The van der Waals surface area contributed by atoms with Crippen LogP contribution in [0.3, 0.4) is 0 Å². The number of anilines is 1. The number of hydrogen-bond acceptors (Lipinski definition) is 7. The normalized spacial score (nSPS) is 14.6. The fraction of sp³-hybridized carbons (Fsp3) is 0.292. The molecule has 178 valence electrons. The first kappa shape index (κ1) is 25.0. The number of esters is 1. The van der Waals surface area contributed by atoms with Crippen molar-refractivity contribution in [1.82, 2.24) is 4.31 Å². The van der Waals surface area contributed by atoms with E-state index in [9.17, 15) is 23.3 Å². The highest BCUT2D eigenvalue weighted by Crippen LogP contribution is 2.22. The number of nitrogens with zero attached hydrogens (tertiary/aromatic N) is 2. The van der Waals surface area contributed by atoms with Crippen molar-refractivity contribution in [3.05, 3.63) is 59.7 Å². The molecule has 3 rings (SSSR count). The van der Waals surface area contributed by atoms with E-state index in [0.29, 0.717) is 30.1 Å². The number of carbonyl (C=O) groups is 2. The fourth-order valence-electron chi connectivity index (χ4n) is 3.37. The molecule has 10 heteroatoms. The fourth-order valence-corrected chi connectivity index (χ4v) is 4.89. The third-order valence-corrected chi connectivity index (χ3v) is 7.11. The van der Waals surface area contributed by atoms with Gasteiger partial charge in [0.1, 0.15) is 17.4 Å². The predicted octanol–water partition coefficient (Wildman–Crippen LogP) is 2.96. The van der Waals surface area contributed by atoms with E-state index in [1.807, 2.05) is 0 Å². The van der Waals surface area contributed by atoms with Gasteiger partial charge in [-0.15, -0.1) is 0 Å². The molecule has 1 aliphatic rings. The van der Waals surface area contributed by atoms with Gasteiger partial charge in [-0.2, -0.15) is 9.57 Å². The Morgan fingerprint density at radius 2 is 1.71 bits per heavy atom. The van der Waals surface area contributed by atoms with Gasteiger partial charge in [-0.05, 0) is 60.9 Å². The molecule has 34 heavy (non-hydrogen) atoms. The molecule has 0 atom stereocenters. The quantitative estimate of drug-likeness (QED) is 0.347. The number of hydrogen-bond donors (Lipinski definition) is 1. The lowest BCUT2D eigenvalue weighted by Gasteiger charge is -2.25. The summed E-state index contributed by atoms with van der Waals surface area (Å²) in [5.74, 6) is -0.926. The monoisotopic (exact) mass is 483 g/mol. The first-order valence-corrected chi connectivity index (χ1v) is 12.1. The van der Waals surface area contributed by atoms with Gasteiger partial charge in [0.05, 0.1) is 12.0 Å². The van der Waals surface area contributed by atoms with Crippen molar-refractivity contribution in [2.75, 3.05) is 32.1 Å². The van der Waals surface area contributed by atoms with E-state index in [-0.39, 0.29) is 10.5 Å². The lowest BCUT2D eigenvalue weighted by atomic mass is 10.1. The van der Waals surface area contributed by atoms with E-state index in [0.717, 1.165) is 19.3 Å². The average Bonchev–Trinajstić information content (AvgIpc) is 2.87. The molecule has 0 aliphatic carbocycles.